The maximum atomic E-state index is 11.7. The summed E-state index contributed by atoms with van der Waals surface area (Å²) in [5.41, 5.74) is 5.07. The van der Waals surface area contributed by atoms with E-state index in [-0.39, 0.29) is 23.7 Å². The molecule has 2 aromatic heterocycles. The van der Waals surface area contributed by atoms with Crippen molar-refractivity contribution in [3.63, 3.8) is 0 Å². The first-order chi connectivity index (χ1) is 7.65. The second-order valence-corrected chi connectivity index (χ2v) is 2.93. The van der Waals surface area contributed by atoms with Gasteiger partial charge in [-0.15, -0.1) is 11.5 Å². The van der Waals surface area contributed by atoms with Crippen molar-refractivity contribution in [2.24, 2.45) is 5.73 Å². The SMILES string of the molecule is C#CCn1nnc2c(C(=N)N)ncn2c1=O. The van der Waals surface area contributed by atoms with Crippen molar-refractivity contribution in [1.82, 2.24) is 24.4 Å². The molecule has 8 nitrogen and oxygen atoms in total. The molecule has 0 radical (unpaired) electrons. The van der Waals surface area contributed by atoms with Crippen LogP contribution in [-0.2, 0) is 6.54 Å². The maximum Gasteiger partial charge on any atom is 0.353 e. The zero-order valence-corrected chi connectivity index (χ0v) is 8.08. The molecule has 2 heterocycles. The van der Waals surface area contributed by atoms with Crippen LogP contribution in [0.2, 0.25) is 0 Å². The van der Waals surface area contributed by atoms with E-state index in [1.165, 1.54) is 6.33 Å². The van der Waals surface area contributed by atoms with Crippen molar-refractivity contribution in [1.29, 1.82) is 5.41 Å². The minimum atomic E-state index is -0.469. The highest BCUT2D eigenvalue weighted by Gasteiger charge is 2.12. The quantitative estimate of drug-likeness (QED) is 0.350. The molecular weight excluding hydrogens is 210 g/mol. The Balaban J connectivity index is 2.75. The molecule has 0 aliphatic carbocycles. The minimum absolute atomic E-state index is 0.0232. The number of hydrogen-bond acceptors (Lipinski definition) is 5. The lowest BCUT2D eigenvalue weighted by atomic mass is 10.4. The highest BCUT2D eigenvalue weighted by Crippen LogP contribution is 2.00. The smallest absolute Gasteiger partial charge is 0.353 e. The van der Waals surface area contributed by atoms with Crippen LogP contribution in [0.1, 0.15) is 5.69 Å². The molecule has 2 rings (SSSR count). The number of nitrogen functional groups attached to an aromatic ring is 1. The summed E-state index contributed by atoms with van der Waals surface area (Å²) in [7, 11) is 0. The van der Waals surface area contributed by atoms with Gasteiger partial charge in [-0.25, -0.2) is 14.2 Å². The first-order valence-electron chi connectivity index (χ1n) is 4.24. The van der Waals surface area contributed by atoms with E-state index in [0.29, 0.717) is 0 Å². The number of rotatable bonds is 2. The normalized spacial score (nSPS) is 10.2. The largest absolute Gasteiger partial charge is 0.382 e. The number of terminal acetylenes is 1. The lowest BCUT2D eigenvalue weighted by Crippen LogP contribution is -2.29. The maximum absolute atomic E-state index is 11.7. The van der Waals surface area contributed by atoms with Crippen LogP contribution >= 0.6 is 0 Å². The van der Waals surface area contributed by atoms with Gasteiger partial charge >= 0.3 is 5.69 Å². The van der Waals surface area contributed by atoms with E-state index in [0.717, 1.165) is 9.08 Å². The van der Waals surface area contributed by atoms with Crippen molar-refractivity contribution in [3.8, 4) is 12.3 Å². The molecule has 0 spiro atoms. The first-order valence-corrected chi connectivity index (χ1v) is 4.24. The number of aromatic nitrogens is 5. The molecule has 0 aliphatic heterocycles. The summed E-state index contributed by atoms with van der Waals surface area (Å²) in [6.45, 7) is 0.0232. The summed E-state index contributed by atoms with van der Waals surface area (Å²) >= 11 is 0. The second-order valence-electron chi connectivity index (χ2n) is 2.93. The van der Waals surface area contributed by atoms with Crippen LogP contribution in [0, 0.1) is 17.8 Å². The molecule has 0 unspecified atom stereocenters. The van der Waals surface area contributed by atoms with E-state index in [4.69, 9.17) is 17.6 Å². The molecule has 0 aromatic carbocycles. The number of imidazole rings is 1. The van der Waals surface area contributed by atoms with Gasteiger partial charge in [-0.3, -0.25) is 5.41 Å². The van der Waals surface area contributed by atoms with Crippen molar-refractivity contribution in [3.05, 3.63) is 22.5 Å². The average Bonchev–Trinajstić information content (AvgIpc) is 2.67. The van der Waals surface area contributed by atoms with E-state index < -0.39 is 5.69 Å². The van der Waals surface area contributed by atoms with Gasteiger partial charge in [0, 0.05) is 0 Å². The summed E-state index contributed by atoms with van der Waals surface area (Å²) in [5.74, 6) is 2.01. The number of nitrogens with zero attached hydrogens (tertiary/aromatic N) is 5. The van der Waals surface area contributed by atoms with E-state index in [2.05, 4.69) is 21.2 Å². The molecule has 80 valence electrons. The number of nitrogens with two attached hydrogens (primary N) is 1. The molecule has 0 fully saturated rings. The summed E-state index contributed by atoms with van der Waals surface area (Å²) in [4.78, 5) is 15.5. The predicted molar refractivity (Wildman–Crippen MR) is 54.9 cm³/mol. The van der Waals surface area contributed by atoms with Gasteiger partial charge in [0.15, 0.2) is 11.3 Å². The number of hydrogen-bond donors (Lipinski definition) is 2. The van der Waals surface area contributed by atoms with Crippen LogP contribution in [0.5, 0.6) is 0 Å². The van der Waals surface area contributed by atoms with E-state index >= 15 is 0 Å². The third kappa shape index (κ3) is 1.31. The molecule has 16 heavy (non-hydrogen) atoms. The monoisotopic (exact) mass is 217 g/mol. The lowest BCUT2D eigenvalue weighted by molar-refractivity contribution is 0.576. The first kappa shape index (κ1) is 9.85. The molecule has 0 saturated carbocycles. The Bertz CT molecular complexity index is 659. The Morgan fingerprint density at radius 2 is 2.44 bits per heavy atom. The van der Waals surface area contributed by atoms with Crippen LogP contribution in [0.3, 0.4) is 0 Å². The number of amidine groups is 1. The molecule has 0 bridgehead atoms. The molecule has 0 aliphatic rings. The highest BCUT2D eigenvalue weighted by molar-refractivity contribution is 5.98. The van der Waals surface area contributed by atoms with E-state index in [1.54, 1.807) is 0 Å². The van der Waals surface area contributed by atoms with Gasteiger partial charge in [-0.2, -0.15) is 4.68 Å². The lowest BCUT2D eigenvalue weighted by Gasteiger charge is -1.98. The van der Waals surface area contributed by atoms with Crippen molar-refractivity contribution in [2.45, 2.75) is 6.54 Å². The van der Waals surface area contributed by atoms with Gasteiger partial charge in [0.05, 0.1) is 0 Å². The summed E-state index contributed by atoms with van der Waals surface area (Å²) in [6.07, 6.45) is 6.30. The third-order valence-electron chi connectivity index (χ3n) is 1.91. The Morgan fingerprint density at radius 3 is 3.06 bits per heavy atom. The zero-order chi connectivity index (χ0) is 11.7. The van der Waals surface area contributed by atoms with Crippen LogP contribution < -0.4 is 11.4 Å². The molecule has 8 heteroatoms. The van der Waals surface area contributed by atoms with Crippen LogP contribution in [0.15, 0.2) is 11.1 Å². The fourth-order valence-corrected chi connectivity index (χ4v) is 1.21. The Labute approximate surface area is 89.2 Å². The van der Waals surface area contributed by atoms with Gasteiger partial charge in [-0.1, -0.05) is 11.1 Å². The van der Waals surface area contributed by atoms with Crippen LogP contribution in [0.4, 0.5) is 0 Å². The Hall–Kier alpha value is -2.69. The van der Waals surface area contributed by atoms with Crippen molar-refractivity contribution < 1.29 is 0 Å². The van der Waals surface area contributed by atoms with E-state index in [9.17, 15) is 4.79 Å². The fraction of sp³-hybridized carbons (Fsp3) is 0.125. The van der Waals surface area contributed by atoms with Crippen molar-refractivity contribution >= 4 is 11.5 Å². The van der Waals surface area contributed by atoms with Crippen LogP contribution in [0.25, 0.3) is 5.65 Å². The van der Waals surface area contributed by atoms with Gasteiger partial charge in [0.25, 0.3) is 0 Å². The highest BCUT2D eigenvalue weighted by atomic mass is 16.2. The van der Waals surface area contributed by atoms with Gasteiger partial charge in [0.1, 0.15) is 18.7 Å². The van der Waals surface area contributed by atoms with E-state index in [1.807, 2.05) is 0 Å². The summed E-state index contributed by atoms with van der Waals surface area (Å²) in [5, 5.41) is 14.6. The minimum Gasteiger partial charge on any atom is -0.382 e. The average molecular weight is 217 g/mol. The topological polar surface area (TPSA) is 115 Å². The molecule has 3 N–H and O–H groups in total. The fourth-order valence-electron chi connectivity index (χ4n) is 1.21. The molecule has 0 atom stereocenters. The molecule has 0 amide bonds. The predicted octanol–water partition coefficient (Wildman–Crippen LogP) is -1.80. The second kappa shape index (κ2) is 3.47. The Kier molecular flexibility index (Phi) is 2.13. The van der Waals surface area contributed by atoms with Gasteiger partial charge in [0.2, 0.25) is 0 Å². The zero-order valence-electron chi connectivity index (χ0n) is 8.08. The number of fused-ring (bicyclic) bond motifs is 1. The van der Waals surface area contributed by atoms with Crippen LogP contribution in [-0.4, -0.2) is 30.2 Å². The molecule has 2 aromatic rings. The summed E-state index contributed by atoms with van der Waals surface area (Å²) < 4.78 is 2.15. The molecular formula is C8H7N7O. The third-order valence-corrected chi connectivity index (χ3v) is 1.91. The number of nitrogens with one attached hydrogen (secondary N) is 1. The molecule has 0 saturated heterocycles. The Morgan fingerprint density at radius 1 is 1.69 bits per heavy atom. The van der Waals surface area contributed by atoms with Gasteiger partial charge < -0.3 is 5.73 Å². The summed E-state index contributed by atoms with van der Waals surface area (Å²) in [6, 6.07) is 0. The van der Waals surface area contributed by atoms with Crippen molar-refractivity contribution in [2.75, 3.05) is 0 Å². The van der Waals surface area contributed by atoms with Gasteiger partial charge in [-0.05, 0) is 0 Å². The standard InChI is InChI=1S/C8H7N7O/c1-2-3-15-8(16)14-4-11-5(6(9)10)7(14)12-13-15/h1,4H,3H2,(H3,9,10).